The van der Waals surface area contributed by atoms with Crippen LogP contribution < -0.4 is 9.46 Å². The molecule has 1 saturated heterocycles. The first kappa shape index (κ1) is 23.2. The van der Waals surface area contributed by atoms with E-state index in [2.05, 4.69) is 4.98 Å². The molecule has 12 heteroatoms. The van der Waals surface area contributed by atoms with E-state index >= 15 is 0 Å². The SMILES string of the molecule is O=C1COc2ncccc2C2CCC(CC2)OC[C@H]2C(NS(=O)(=O)C(F)(F)F)CCCN12. The molecule has 2 fully saturated rings. The molecule has 1 amide bonds. The predicted octanol–water partition coefficient (Wildman–Crippen LogP) is 2.32. The van der Waals surface area contributed by atoms with E-state index in [4.69, 9.17) is 9.47 Å². The molecule has 2 atom stereocenters. The van der Waals surface area contributed by atoms with Crippen LogP contribution in [0.15, 0.2) is 18.3 Å². The summed E-state index contributed by atoms with van der Waals surface area (Å²) in [5, 5.41) is 0. The van der Waals surface area contributed by atoms with Crippen molar-refractivity contribution in [2.24, 2.45) is 0 Å². The number of ether oxygens (including phenoxy) is 2. The zero-order chi connectivity index (χ0) is 22.9. The molecule has 32 heavy (non-hydrogen) atoms. The summed E-state index contributed by atoms with van der Waals surface area (Å²) in [7, 11) is -5.56. The largest absolute Gasteiger partial charge is 0.511 e. The highest BCUT2D eigenvalue weighted by molar-refractivity contribution is 7.90. The number of fused-ring (bicyclic) bond motifs is 5. The van der Waals surface area contributed by atoms with E-state index < -0.39 is 33.5 Å². The number of hydrogen-bond acceptors (Lipinski definition) is 6. The number of alkyl halides is 3. The van der Waals surface area contributed by atoms with Gasteiger partial charge in [0.05, 0.1) is 18.8 Å². The molecule has 1 aliphatic carbocycles. The van der Waals surface area contributed by atoms with Crippen LogP contribution in [0.25, 0.3) is 0 Å². The Kier molecular flexibility index (Phi) is 6.64. The molecule has 0 aromatic carbocycles. The molecule has 178 valence electrons. The van der Waals surface area contributed by atoms with Gasteiger partial charge >= 0.3 is 15.5 Å². The van der Waals surface area contributed by atoms with Gasteiger partial charge < -0.3 is 14.4 Å². The average molecular weight is 478 g/mol. The lowest BCUT2D eigenvalue weighted by atomic mass is 9.83. The van der Waals surface area contributed by atoms with Crippen LogP contribution in [0.1, 0.15) is 50.0 Å². The van der Waals surface area contributed by atoms with Crippen molar-refractivity contribution in [2.75, 3.05) is 19.8 Å². The zero-order valence-corrected chi connectivity index (χ0v) is 18.2. The van der Waals surface area contributed by atoms with E-state index in [1.54, 1.807) is 10.9 Å². The van der Waals surface area contributed by atoms with E-state index in [9.17, 15) is 26.4 Å². The lowest BCUT2D eigenvalue weighted by Gasteiger charge is -2.42. The second kappa shape index (κ2) is 9.14. The molecule has 0 spiro atoms. The number of aromatic nitrogens is 1. The summed E-state index contributed by atoms with van der Waals surface area (Å²) in [5.74, 6) is 0.161. The van der Waals surface area contributed by atoms with Crippen LogP contribution in [0.2, 0.25) is 0 Å². The van der Waals surface area contributed by atoms with E-state index in [1.165, 1.54) is 4.90 Å². The topological polar surface area (TPSA) is 97.8 Å². The van der Waals surface area contributed by atoms with Gasteiger partial charge in [0.1, 0.15) is 0 Å². The summed E-state index contributed by atoms with van der Waals surface area (Å²) in [6.45, 7) is -0.102. The number of nitrogens with one attached hydrogen (secondary N) is 1. The van der Waals surface area contributed by atoms with Gasteiger partial charge in [-0.2, -0.15) is 13.2 Å². The molecule has 1 aromatic rings. The van der Waals surface area contributed by atoms with E-state index in [0.717, 1.165) is 31.2 Å². The van der Waals surface area contributed by atoms with Gasteiger partial charge in [-0.3, -0.25) is 4.79 Å². The van der Waals surface area contributed by atoms with Crippen LogP contribution in [-0.2, 0) is 19.6 Å². The molecular weight excluding hydrogens is 451 g/mol. The maximum absolute atomic E-state index is 13.0. The molecule has 1 aromatic heterocycles. The molecule has 4 aliphatic rings. The third-order valence-corrected chi connectivity index (χ3v) is 7.68. The Labute approximate surface area is 184 Å². The number of amides is 1. The van der Waals surface area contributed by atoms with Crippen molar-refractivity contribution in [1.82, 2.24) is 14.6 Å². The number of carbonyl (C=O) groups excluding carboxylic acids is 1. The minimum atomic E-state index is -5.56. The minimum absolute atomic E-state index is 0.0443. The van der Waals surface area contributed by atoms with Gasteiger partial charge in [0.2, 0.25) is 5.88 Å². The van der Waals surface area contributed by atoms with Gasteiger partial charge in [-0.1, -0.05) is 6.07 Å². The number of pyridine rings is 1. The number of nitrogens with zero attached hydrogens (tertiary/aromatic N) is 2. The molecular formula is C20H26F3N3O5S. The zero-order valence-electron chi connectivity index (χ0n) is 17.4. The summed E-state index contributed by atoms with van der Waals surface area (Å²) < 4.78 is 75.9. The van der Waals surface area contributed by atoms with Crippen molar-refractivity contribution in [2.45, 2.75) is 68.1 Å². The average Bonchev–Trinajstić information content (AvgIpc) is 2.77. The van der Waals surface area contributed by atoms with Crippen LogP contribution in [0.3, 0.4) is 0 Å². The van der Waals surface area contributed by atoms with E-state index in [0.29, 0.717) is 12.3 Å². The number of rotatable bonds is 2. The number of piperidine rings is 1. The number of halogens is 3. The monoisotopic (exact) mass is 477 g/mol. The summed E-state index contributed by atoms with van der Waals surface area (Å²) >= 11 is 0. The van der Waals surface area contributed by atoms with Gasteiger partial charge in [-0.15, -0.1) is 0 Å². The number of carbonyl (C=O) groups is 1. The van der Waals surface area contributed by atoms with Gasteiger partial charge in [0.25, 0.3) is 5.91 Å². The molecule has 4 heterocycles. The molecule has 5 rings (SSSR count). The fraction of sp³-hybridized carbons (Fsp3) is 0.700. The van der Waals surface area contributed by atoms with Gasteiger partial charge in [-0.05, 0) is 50.5 Å². The molecule has 0 radical (unpaired) electrons. The minimum Gasteiger partial charge on any atom is -0.467 e. The van der Waals surface area contributed by atoms with Crippen molar-refractivity contribution in [3.8, 4) is 5.88 Å². The molecule has 3 aliphatic heterocycles. The first-order valence-corrected chi connectivity index (χ1v) is 12.2. The van der Waals surface area contributed by atoms with Gasteiger partial charge in [0.15, 0.2) is 6.61 Å². The molecule has 1 N–H and O–H groups in total. The highest BCUT2D eigenvalue weighted by Crippen LogP contribution is 2.38. The maximum Gasteiger partial charge on any atom is 0.511 e. The van der Waals surface area contributed by atoms with Gasteiger partial charge in [0, 0.05) is 24.3 Å². The van der Waals surface area contributed by atoms with Crippen molar-refractivity contribution >= 4 is 15.9 Å². The van der Waals surface area contributed by atoms with E-state index in [-0.39, 0.29) is 38.2 Å². The standard InChI is InChI=1S/C20H26F3N3O5S/c21-20(22,23)32(28,29)25-16-4-2-10-26-17(16)11-30-14-7-5-13(6-8-14)15-3-1-9-24-19(15)31-12-18(26)27/h1,3,9,13-14,16-17,25H,2,4-8,10-12H2/t13?,14?,16?,17-/m0/s1. The Morgan fingerprint density at radius 2 is 1.91 bits per heavy atom. The van der Waals surface area contributed by atoms with Crippen LogP contribution in [0.5, 0.6) is 5.88 Å². The first-order valence-electron chi connectivity index (χ1n) is 10.7. The van der Waals surface area contributed by atoms with Crippen molar-refractivity contribution in [1.29, 1.82) is 0 Å². The smallest absolute Gasteiger partial charge is 0.467 e. The lowest BCUT2D eigenvalue weighted by Crippen LogP contribution is -2.60. The van der Waals surface area contributed by atoms with Crippen LogP contribution in [0, 0.1) is 0 Å². The third kappa shape index (κ3) is 4.86. The van der Waals surface area contributed by atoms with Crippen LogP contribution in [-0.4, -0.2) is 67.7 Å². The first-order chi connectivity index (χ1) is 15.2. The fourth-order valence-electron chi connectivity index (χ4n) is 4.80. The second-order valence-corrected chi connectivity index (χ2v) is 10.2. The highest BCUT2D eigenvalue weighted by atomic mass is 32.2. The summed E-state index contributed by atoms with van der Waals surface area (Å²) in [6.07, 6.45) is 5.17. The van der Waals surface area contributed by atoms with E-state index in [1.807, 2.05) is 12.1 Å². The number of hydrogen-bond donors (Lipinski definition) is 1. The molecule has 1 unspecified atom stereocenters. The second-order valence-electron chi connectivity index (χ2n) is 8.46. The quantitative estimate of drug-likeness (QED) is 0.702. The summed E-state index contributed by atoms with van der Waals surface area (Å²) in [6, 6.07) is 1.79. The highest BCUT2D eigenvalue weighted by Gasteiger charge is 2.49. The lowest BCUT2D eigenvalue weighted by molar-refractivity contribution is -0.140. The molecule has 1 saturated carbocycles. The molecule has 2 bridgehead atoms. The Balaban J connectivity index is 1.60. The Hall–Kier alpha value is -1.92. The van der Waals surface area contributed by atoms with Crippen LogP contribution >= 0.6 is 0 Å². The van der Waals surface area contributed by atoms with Gasteiger partial charge in [-0.25, -0.2) is 18.1 Å². The van der Waals surface area contributed by atoms with Crippen molar-refractivity contribution in [3.05, 3.63) is 23.9 Å². The summed E-state index contributed by atoms with van der Waals surface area (Å²) in [5.41, 5.74) is -4.50. The number of sulfonamides is 1. The Morgan fingerprint density at radius 3 is 2.62 bits per heavy atom. The maximum atomic E-state index is 13.0. The van der Waals surface area contributed by atoms with Crippen molar-refractivity contribution < 1.29 is 35.9 Å². The van der Waals surface area contributed by atoms with Crippen LogP contribution in [0.4, 0.5) is 13.2 Å². The normalized spacial score (nSPS) is 29.7. The predicted molar refractivity (Wildman–Crippen MR) is 107 cm³/mol. The fourth-order valence-corrected chi connectivity index (χ4v) is 5.61. The molecule has 8 nitrogen and oxygen atoms in total. The summed E-state index contributed by atoms with van der Waals surface area (Å²) in [4.78, 5) is 18.6. The third-order valence-electron chi connectivity index (χ3n) is 6.46. The van der Waals surface area contributed by atoms with Crippen molar-refractivity contribution in [3.63, 3.8) is 0 Å². The Morgan fingerprint density at radius 1 is 1.16 bits per heavy atom. The Bertz CT molecular complexity index is 935.